The van der Waals surface area contributed by atoms with Gasteiger partial charge in [0.25, 0.3) is 0 Å². The normalized spacial score (nSPS) is 26.9. The number of nitrogens with zero attached hydrogens (tertiary/aromatic N) is 2. The molecule has 0 unspecified atom stereocenters. The molecular weight excluding hydrogens is 238 g/mol. The van der Waals surface area contributed by atoms with Crippen molar-refractivity contribution >= 4 is 11.5 Å². The van der Waals surface area contributed by atoms with E-state index in [-0.39, 0.29) is 0 Å². The van der Waals surface area contributed by atoms with Gasteiger partial charge < -0.3 is 15.0 Å². The molecule has 0 amide bonds. The van der Waals surface area contributed by atoms with E-state index < -0.39 is 0 Å². The first-order chi connectivity index (χ1) is 9.35. The van der Waals surface area contributed by atoms with Crippen LogP contribution < -0.4 is 10.2 Å². The number of anilines is 2. The SMILES string of the molecule is COC1CC(Nc2ccc(N3CCCCC3)nc2)C1. The van der Waals surface area contributed by atoms with Crippen molar-refractivity contribution < 1.29 is 4.74 Å². The van der Waals surface area contributed by atoms with Crippen molar-refractivity contribution in [1.82, 2.24) is 4.98 Å². The number of ether oxygens (including phenoxy) is 1. The Morgan fingerprint density at radius 1 is 1.21 bits per heavy atom. The molecule has 1 aromatic heterocycles. The van der Waals surface area contributed by atoms with Gasteiger partial charge in [0.1, 0.15) is 5.82 Å². The molecule has 0 bridgehead atoms. The molecule has 0 aromatic carbocycles. The lowest BCUT2D eigenvalue weighted by molar-refractivity contribution is 0.0328. The van der Waals surface area contributed by atoms with Gasteiger partial charge >= 0.3 is 0 Å². The highest BCUT2D eigenvalue weighted by Crippen LogP contribution is 2.26. The molecule has 2 fully saturated rings. The topological polar surface area (TPSA) is 37.4 Å². The van der Waals surface area contributed by atoms with Gasteiger partial charge in [0, 0.05) is 26.2 Å². The Balaban J connectivity index is 1.54. The summed E-state index contributed by atoms with van der Waals surface area (Å²) in [5, 5.41) is 3.51. The van der Waals surface area contributed by atoms with E-state index in [1.165, 1.54) is 19.3 Å². The van der Waals surface area contributed by atoms with Crippen LogP contribution in [0.1, 0.15) is 32.1 Å². The number of piperidine rings is 1. The summed E-state index contributed by atoms with van der Waals surface area (Å²) in [7, 11) is 1.79. The predicted octanol–water partition coefficient (Wildman–Crippen LogP) is 2.66. The highest BCUT2D eigenvalue weighted by Gasteiger charge is 2.28. The van der Waals surface area contributed by atoms with Gasteiger partial charge in [0.05, 0.1) is 18.0 Å². The molecular formula is C15H23N3O. The lowest BCUT2D eigenvalue weighted by atomic mass is 9.89. The van der Waals surface area contributed by atoms with Crippen molar-refractivity contribution in [3.05, 3.63) is 18.3 Å². The molecule has 4 heteroatoms. The van der Waals surface area contributed by atoms with E-state index in [2.05, 4.69) is 27.3 Å². The fourth-order valence-corrected chi connectivity index (χ4v) is 2.89. The third-order valence-corrected chi connectivity index (χ3v) is 4.23. The van der Waals surface area contributed by atoms with Gasteiger partial charge in [-0.2, -0.15) is 0 Å². The minimum atomic E-state index is 0.443. The van der Waals surface area contributed by atoms with E-state index >= 15 is 0 Å². The van der Waals surface area contributed by atoms with Crippen LogP contribution in [0.5, 0.6) is 0 Å². The molecule has 0 atom stereocenters. The molecule has 1 aliphatic heterocycles. The first-order valence-corrected chi connectivity index (χ1v) is 7.35. The van der Waals surface area contributed by atoms with Crippen molar-refractivity contribution in [3.8, 4) is 0 Å². The first kappa shape index (κ1) is 12.7. The van der Waals surface area contributed by atoms with Crippen LogP contribution in [-0.4, -0.2) is 37.3 Å². The molecule has 0 spiro atoms. The van der Waals surface area contributed by atoms with Crippen molar-refractivity contribution in [3.63, 3.8) is 0 Å². The van der Waals surface area contributed by atoms with E-state index in [4.69, 9.17) is 4.74 Å². The average Bonchev–Trinajstić information content (AvgIpc) is 2.44. The van der Waals surface area contributed by atoms with Gasteiger partial charge in [-0.25, -0.2) is 4.98 Å². The van der Waals surface area contributed by atoms with Crippen molar-refractivity contribution in [1.29, 1.82) is 0 Å². The monoisotopic (exact) mass is 261 g/mol. The van der Waals surface area contributed by atoms with Gasteiger partial charge in [-0.3, -0.25) is 0 Å². The molecule has 0 radical (unpaired) electrons. The summed E-state index contributed by atoms with van der Waals surface area (Å²) in [6.07, 6.45) is 8.56. The smallest absolute Gasteiger partial charge is 0.128 e. The number of hydrogen-bond acceptors (Lipinski definition) is 4. The van der Waals surface area contributed by atoms with Crippen molar-refractivity contribution in [2.45, 2.75) is 44.2 Å². The molecule has 4 nitrogen and oxygen atoms in total. The first-order valence-electron chi connectivity index (χ1n) is 7.35. The van der Waals surface area contributed by atoms with Gasteiger partial charge in [-0.05, 0) is 44.2 Å². The second-order valence-electron chi connectivity index (χ2n) is 5.62. The highest BCUT2D eigenvalue weighted by molar-refractivity contribution is 5.49. The number of pyridine rings is 1. The lowest BCUT2D eigenvalue weighted by Crippen LogP contribution is -2.40. The van der Waals surface area contributed by atoms with Crippen LogP contribution in [0.15, 0.2) is 18.3 Å². The standard InChI is InChI=1S/C15H23N3O/c1-19-14-9-13(10-14)17-12-5-6-15(16-11-12)18-7-3-2-4-8-18/h5-6,11,13-14,17H,2-4,7-10H2,1H3. The maximum Gasteiger partial charge on any atom is 0.128 e. The Labute approximate surface area is 115 Å². The Morgan fingerprint density at radius 2 is 2.00 bits per heavy atom. The molecule has 1 saturated heterocycles. The summed E-state index contributed by atoms with van der Waals surface area (Å²) in [5.74, 6) is 1.12. The van der Waals surface area contributed by atoms with Gasteiger partial charge in [0.15, 0.2) is 0 Å². The molecule has 104 valence electrons. The van der Waals surface area contributed by atoms with Gasteiger partial charge in [-0.15, -0.1) is 0 Å². The summed E-state index contributed by atoms with van der Waals surface area (Å²) in [6.45, 7) is 2.30. The molecule has 2 aliphatic rings. The maximum absolute atomic E-state index is 5.29. The number of nitrogens with one attached hydrogen (secondary N) is 1. The summed E-state index contributed by atoms with van der Waals surface area (Å²) >= 11 is 0. The van der Waals surface area contributed by atoms with Crippen LogP contribution in [0.3, 0.4) is 0 Å². The minimum Gasteiger partial charge on any atom is -0.381 e. The van der Waals surface area contributed by atoms with Crippen molar-refractivity contribution in [2.75, 3.05) is 30.4 Å². The Morgan fingerprint density at radius 3 is 2.63 bits per heavy atom. The zero-order chi connectivity index (χ0) is 13.1. The molecule has 1 aliphatic carbocycles. The largest absolute Gasteiger partial charge is 0.381 e. The molecule has 1 aromatic rings. The van der Waals surface area contributed by atoms with Crippen molar-refractivity contribution in [2.24, 2.45) is 0 Å². The van der Waals surface area contributed by atoms with Crippen LogP contribution in [0.25, 0.3) is 0 Å². The Kier molecular flexibility index (Phi) is 3.87. The van der Waals surface area contributed by atoms with Gasteiger partial charge in [0.2, 0.25) is 0 Å². The second kappa shape index (κ2) is 5.78. The predicted molar refractivity (Wildman–Crippen MR) is 77.7 cm³/mol. The zero-order valence-electron chi connectivity index (χ0n) is 11.6. The lowest BCUT2D eigenvalue weighted by Gasteiger charge is -2.35. The average molecular weight is 261 g/mol. The Bertz CT molecular complexity index is 394. The van der Waals surface area contributed by atoms with Crippen LogP contribution in [-0.2, 0) is 4.74 Å². The zero-order valence-corrected chi connectivity index (χ0v) is 11.6. The van der Waals surface area contributed by atoms with Gasteiger partial charge in [-0.1, -0.05) is 0 Å². The second-order valence-corrected chi connectivity index (χ2v) is 5.62. The van der Waals surface area contributed by atoms with E-state index in [1.54, 1.807) is 7.11 Å². The van der Waals surface area contributed by atoms with Crippen LogP contribution in [0.2, 0.25) is 0 Å². The maximum atomic E-state index is 5.29. The summed E-state index contributed by atoms with van der Waals surface area (Å²) in [5.41, 5.74) is 1.13. The number of rotatable bonds is 4. The van der Waals surface area contributed by atoms with E-state index in [1.807, 2.05) is 6.20 Å². The molecule has 19 heavy (non-hydrogen) atoms. The van der Waals surface area contributed by atoms with E-state index in [9.17, 15) is 0 Å². The molecule has 1 saturated carbocycles. The molecule has 1 N–H and O–H groups in total. The van der Waals surface area contributed by atoms with Crippen LogP contribution >= 0.6 is 0 Å². The highest BCUT2D eigenvalue weighted by atomic mass is 16.5. The Hall–Kier alpha value is -1.29. The molecule has 3 rings (SSSR count). The van der Waals surface area contributed by atoms with E-state index in [0.29, 0.717) is 12.1 Å². The third-order valence-electron chi connectivity index (χ3n) is 4.23. The fourth-order valence-electron chi connectivity index (χ4n) is 2.89. The quantitative estimate of drug-likeness (QED) is 0.904. The van der Waals surface area contributed by atoms with Crippen LogP contribution in [0.4, 0.5) is 11.5 Å². The summed E-state index contributed by atoms with van der Waals surface area (Å²) < 4.78 is 5.29. The van der Waals surface area contributed by atoms with E-state index in [0.717, 1.165) is 37.4 Å². The fraction of sp³-hybridized carbons (Fsp3) is 0.667. The number of aromatic nitrogens is 1. The number of hydrogen-bond donors (Lipinski definition) is 1. The minimum absolute atomic E-state index is 0.443. The third kappa shape index (κ3) is 3.00. The molecule has 2 heterocycles. The summed E-state index contributed by atoms with van der Waals surface area (Å²) in [6, 6.07) is 4.84. The summed E-state index contributed by atoms with van der Waals surface area (Å²) in [4.78, 5) is 6.97. The van der Waals surface area contributed by atoms with Crippen LogP contribution in [0, 0.1) is 0 Å². The number of methoxy groups -OCH3 is 1.